The number of hydrogen-bond donors (Lipinski definition) is 1. The van der Waals surface area contributed by atoms with Gasteiger partial charge in [-0.3, -0.25) is 4.90 Å². The van der Waals surface area contributed by atoms with Crippen molar-refractivity contribution in [1.82, 2.24) is 15.1 Å². The number of hydrogen-bond acceptors (Lipinski definition) is 7. The molecule has 0 saturated carbocycles. The number of ether oxygens (including phenoxy) is 5. The Balaban J connectivity index is 1.33. The summed E-state index contributed by atoms with van der Waals surface area (Å²) in [6, 6.07) is 18.7. The number of guanidine groups is 1. The van der Waals surface area contributed by atoms with Gasteiger partial charge in [-0.05, 0) is 113 Å². The number of piperidine rings is 1. The second-order valence-electron chi connectivity index (χ2n) is 13.3. The molecule has 2 aliphatic rings. The largest absolute Gasteiger partial charge is 0.497 e. The van der Waals surface area contributed by atoms with Crippen LogP contribution in [-0.4, -0.2) is 74.0 Å². The van der Waals surface area contributed by atoms with Gasteiger partial charge < -0.3 is 33.9 Å². The van der Waals surface area contributed by atoms with Crippen LogP contribution < -0.4 is 29.0 Å². The molecule has 0 amide bonds. The lowest BCUT2D eigenvalue weighted by atomic mass is 10.0. The fraction of sp³-hybridized carbons (Fsp3) is 0.475. The highest BCUT2D eigenvalue weighted by Crippen LogP contribution is 2.37. The van der Waals surface area contributed by atoms with Gasteiger partial charge in [0.15, 0.2) is 5.96 Å². The predicted molar refractivity (Wildman–Crippen MR) is 202 cm³/mol. The van der Waals surface area contributed by atoms with Crippen LogP contribution in [0.2, 0.25) is 5.02 Å². The van der Waals surface area contributed by atoms with E-state index in [1.165, 1.54) is 5.56 Å². The molecule has 0 aliphatic carbocycles. The van der Waals surface area contributed by atoms with Crippen LogP contribution in [0, 0.1) is 0 Å². The van der Waals surface area contributed by atoms with Crippen molar-refractivity contribution in [3.05, 3.63) is 82.5 Å². The fourth-order valence-corrected chi connectivity index (χ4v) is 6.52. The van der Waals surface area contributed by atoms with E-state index in [1.54, 1.807) is 7.11 Å². The maximum Gasteiger partial charge on any atom is 0.198 e. The van der Waals surface area contributed by atoms with E-state index in [2.05, 4.69) is 45.6 Å². The molecule has 2 heterocycles. The zero-order chi connectivity index (χ0) is 35.6. The van der Waals surface area contributed by atoms with Crippen LogP contribution in [0.4, 0.5) is 0 Å². The van der Waals surface area contributed by atoms with E-state index in [-0.39, 0.29) is 18.2 Å². The lowest BCUT2D eigenvalue weighted by Crippen LogP contribution is -2.45. The summed E-state index contributed by atoms with van der Waals surface area (Å²) in [7, 11) is 1.68. The minimum atomic E-state index is 0.0974. The molecule has 5 rings (SSSR count). The summed E-state index contributed by atoms with van der Waals surface area (Å²) in [5, 5.41) is 4.05. The molecule has 0 bridgehead atoms. The molecule has 1 saturated heterocycles. The van der Waals surface area contributed by atoms with Gasteiger partial charge >= 0.3 is 0 Å². The average molecular weight is 705 g/mol. The third-order valence-corrected chi connectivity index (χ3v) is 8.86. The lowest BCUT2D eigenvalue weighted by molar-refractivity contribution is 0.202. The first-order valence-electron chi connectivity index (χ1n) is 17.8. The molecule has 0 atom stereocenters. The topological polar surface area (TPSA) is 77.0 Å². The van der Waals surface area contributed by atoms with E-state index in [9.17, 15) is 0 Å². The van der Waals surface area contributed by atoms with Crippen molar-refractivity contribution in [2.45, 2.75) is 85.7 Å². The minimum absolute atomic E-state index is 0.0974. The number of nitrogens with zero attached hydrogens (tertiary/aromatic N) is 3. The Morgan fingerprint density at radius 2 is 1.38 bits per heavy atom. The molecule has 270 valence electrons. The maximum atomic E-state index is 6.65. The van der Waals surface area contributed by atoms with Gasteiger partial charge in [0.25, 0.3) is 0 Å². The van der Waals surface area contributed by atoms with Gasteiger partial charge in [-0.25, -0.2) is 4.99 Å². The van der Waals surface area contributed by atoms with E-state index in [0.29, 0.717) is 42.8 Å². The Kier molecular flexibility index (Phi) is 13.2. The predicted octanol–water partition coefficient (Wildman–Crippen LogP) is 8.19. The molecule has 0 spiro atoms. The Morgan fingerprint density at radius 1 is 0.800 bits per heavy atom. The first-order valence-corrected chi connectivity index (χ1v) is 18.2. The normalized spacial score (nSPS) is 16.4. The van der Waals surface area contributed by atoms with Gasteiger partial charge in [0.05, 0.1) is 38.6 Å². The lowest BCUT2D eigenvalue weighted by Gasteiger charge is -2.34. The van der Waals surface area contributed by atoms with Gasteiger partial charge in [0.1, 0.15) is 33.8 Å². The van der Waals surface area contributed by atoms with Crippen molar-refractivity contribution < 1.29 is 23.7 Å². The highest BCUT2D eigenvalue weighted by atomic mass is 35.5. The van der Waals surface area contributed by atoms with Crippen LogP contribution in [0.1, 0.15) is 71.1 Å². The third-order valence-electron chi connectivity index (χ3n) is 8.49. The van der Waals surface area contributed by atoms with Crippen LogP contribution in [0.5, 0.6) is 28.7 Å². The van der Waals surface area contributed by atoms with Gasteiger partial charge in [-0.15, -0.1) is 0 Å². The Morgan fingerprint density at radius 3 is 1.92 bits per heavy atom. The fourth-order valence-electron chi connectivity index (χ4n) is 6.30. The summed E-state index contributed by atoms with van der Waals surface area (Å²) in [6.45, 7) is 17.2. The van der Waals surface area contributed by atoms with Crippen LogP contribution in [0.25, 0.3) is 5.57 Å². The van der Waals surface area contributed by atoms with Crippen LogP contribution in [0.15, 0.2) is 65.8 Å². The molecule has 3 aromatic carbocycles. The molecule has 3 aromatic rings. The van der Waals surface area contributed by atoms with Crippen molar-refractivity contribution in [3.63, 3.8) is 0 Å². The first kappa shape index (κ1) is 37.2. The number of rotatable bonds is 15. The molecule has 1 fully saturated rings. The van der Waals surface area contributed by atoms with Gasteiger partial charge in [-0.2, -0.15) is 0 Å². The van der Waals surface area contributed by atoms with Crippen molar-refractivity contribution in [2.75, 3.05) is 40.0 Å². The molecule has 0 unspecified atom stereocenters. The van der Waals surface area contributed by atoms with Gasteiger partial charge in [0, 0.05) is 45.0 Å². The quantitative estimate of drug-likeness (QED) is 0.170. The SMILES string of the molecule is CCOc1cc(CN2CC(c3ccc(OC)cc3)=CNC2=NC2CCN(Cc3cc(OC(C)C)cc(OC(C)C)c3)CC2)cc(OCC)c1Cl. The van der Waals surface area contributed by atoms with Crippen LogP contribution in [0.3, 0.4) is 0 Å². The Labute approximate surface area is 303 Å². The molecular formula is C40H53ClN4O5. The zero-order valence-corrected chi connectivity index (χ0v) is 31.4. The number of benzene rings is 3. The van der Waals surface area contributed by atoms with Gasteiger partial charge in [0.2, 0.25) is 0 Å². The van der Waals surface area contributed by atoms with Crippen molar-refractivity contribution in [3.8, 4) is 28.7 Å². The summed E-state index contributed by atoms with van der Waals surface area (Å²) in [5.41, 5.74) is 4.52. The zero-order valence-electron chi connectivity index (χ0n) is 30.6. The van der Waals surface area contributed by atoms with Gasteiger partial charge in [-0.1, -0.05) is 23.7 Å². The van der Waals surface area contributed by atoms with E-state index in [4.69, 9.17) is 40.3 Å². The number of methoxy groups -OCH3 is 1. The van der Waals surface area contributed by atoms with E-state index in [1.807, 2.05) is 71.9 Å². The monoisotopic (exact) mass is 704 g/mol. The maximum absolute atomic E-state index is 6.65. The minimum Gasteiger partial charge on any atom is -0.497 e. The summed E-state index contributed by atoms with van der Waals surface area (Å²) >= 11 is 6.65. The summed E-state index contributed by atoms with van der Waals surface area (Å²) in [4.78, 5) is 10.1. The smallest absolute Gasteiger partial charge is 0.198 e. The molecular weight excluding hydrogens is 652 g/mol. The molecule has 0 radical (unpaired) electrons. The second kappa shape index (κ2) is 17.7. The van der Waals surface area contributed by atoms with Crippen LogP contribution in [-0.2, 0) is 13.1 Å². The standard InChI is InChI=1S/C40H53ClN4O5/c1-8-47-37-20-30(21-38(39(37)41)48-9-2)25-45-26-32(31-10-12-34(46-7)13-11-31)23-42-40(45)43-33-14-16-44(17-15-33)24-29-18-35(49-27(3)4)22-36(19-29)50-28(5)6/h10-13,18-23,27-28,33H,8-9,14-17,24-26H2,1-7H3,(H,42,43). The molecule has 2 aliphatic heterocycles. The number of halogens is 1. The molecule has 9 nitrogen and oxygen atoms in total. The number of likely N-dealkylation sites (tertiary alicyclic amines) is 1. The average Bonchev–Trinajstić information content (AvgIpc) is 3.08. The number of nitrogens with one attached hydrogen (secondary N) is 1. The molecule has 1 N–H and O–H groups in total. The highest BCUT2D eigenvalue weighted by Gasteiger charge is 2.25. The summed E-state index contributed by atoms with van der Waals surface area (Å²) in [5.74, 6) is 4.64. The Bertz CT molecular complexity index is 1560. The summed E-state index contributed by atoms with van der Waals surface area (Å²) in [6.07, 6.45) is 4.21. The Hall–Kier alpha value is -4.08. The molecule has 50 heavy (non-hydrogen) atoms. The van der Waals surface area contributed by atoms with E-state index in [0.717, 1.165) is 72.4 Å². The highest BCUT2D eigenvalue weighted by molar-refractivity contribution is 6.33. The number of aliphatic imine (C=N–C) groups is 1. The second-order valence-corrected chi connectivity index (χ2v) is 13.7. The summed E-state index contributed by atoms with van der Waals surface area (Å²) < 4.78 is 29.3. The molecule has 10 heteroatoms. The van der Waals surface area contributed by atoms with Crippen molar-refractivity contribution >= 4 is 23.1 Å². The van der Waals surface area contributed by atoms with Crippen molar-refractivity contribution in [2.24, 2.45) is 4.99 Å². The first-order chi connectivity index (χ1) is 24.1. The van der Waals surface area contributed by atoms with Crippen LogP contribution >= 0.6 is 11.6 Å². The third kappa shape index (κ3) is 10.2. The van der Waals surface area contributed by atoms with E-state index < -0.39 is 0 Å². The molecule has 0 aromatic heterocycles. The van der Waals surface area contributed by atoms with Crippen molar-refractivity contribution in [1.29, 1.82) is 0 Å². The van der Waals surface area contributed by atoms with E-state index >= 15 is 0 Å².